The number of thiazole rings is 1. The first-order valence-corrected chi connectivity index (χ1v) is 8.16. The number of nitrogens with one attached hydrogen (secondary N) is 1. The van der Waals surface area contributed by atoms with E-state index < -0.39 is 0 Å². The maximum absolute atomic E-state index is 6.07. The topological polar surface area (TPSA) is 24.9 Å². The summed E-state index contributed by atoms with van der Waals surface area (Å²) >= 11 is 13.8. The third-order valence-corrected chi connectivity index (χ3v) is 4.41. The van der Waals surface area contributed by atoms with E-state index in [2.05, 4.69) is 19.2 Å². The van der Waals surface area contributed by atoms with Crippen molar-refractivity contribution in [2.75, 3.05) is 7.05 Å². The van der Waals surface area contributed by atoms with E-state index in [1.807, 2.05) is 19.2 Å². The Kier molecular flexibility index (Phi) is 5.44. The molecular formula is C15H18Cl2N2S. The molecule has 1 N–H and O–H groups in total. The molecule has 0 fully saturated rings. The van der Waals surface area contributed by atoms with Gasteiger partial charge in [-0.2, -0.15) is 0 Å². The molecule has 0 aliphatic rings. The molecule has 1 aromatic carbocycles. The van der Waals surface area contributed by atoms with Crippen LogP contribution >= 0.6 is 34.5 Å². The van der Waals surface area contributed by atoms with Gasteiger partial charge in [-0.15, -0.1) is 11.3 Å². The number of nitrogens with zero attached hydrogens (tertiary/aromatic N) is 1. The van der Waals surface area contributed by atoms with Gasteiger partial charge in [-0.1, -0.05) is 37.0 Å². The Morgan fingerprint density at radius 1 is 1.20 bits per heavy atom. The summed E-state index contributed by atoms with van der Waals surface area (Å²) in [4.78, 5) is 6.07. The molecule has 0 radical (unpaired) electrons. The minimum absolute atomic E-state index is 0.587. The first-order valence-electron chi connectivity index (χ1n) is 6.59. The van der Waals surface area contributed by atoms with E-state index >= 15 is 0 Å². The molecule has 108 valence electrons. The molecule has 0 saturated carbocycles. The third kappa shape index (κ3) is 3.95. The van der Waals surface area contributed by atoms with Gasteiger partial charge >= 0.3 is 0 Å². The molecule has 2 nitrogen and oxygen atoms in total. The highest BCUT2D eigenvalue weighted by molar-refractivity contribution is 7.15. The van der Waals surface area contributed by atoms with Crippen LogP contribution in [0.1, 0.15) is 24.4 Å². The van der Waals surface area contributed by atoms with Gasteiger partial charge in [-0.05, 0) is 37.6 Å². The zero-order chi connectivity index (χ0) is 14.7. The van der Waals surface area contributed by atoms with Gasteiger partial charge in [0.15, 0.2) is 0 Å². The second-order valence-corrected chi connectivity index (χ2v) is 7.13. The van der Waals surface area contributed by atoms with Gasteiger partial charge < -0.3 is 5.32 Å². The SMILES string of the molecule is CNCc1sc(-c2cc(Cl)cc(Cl)c2)nc1CC(C)C. The molecular weight excluding hydrogens is 311 g/mol. The molecule has 1 aromatic heterocycles. The predicted molar refractivity (Wildman–Crippen MR) is 88.9 cm³/mol. The summed E-state index contributed by atoms with van der Waals surface area (Å²) in [5, 5.41) is 5.47. The smallest absolute Gasteiger partial charge is 0.124 e. The van der Waals surface area contributed by atoms with Crippen molar-refractivity contribution in [2.45, 2.75) is 26.8 Å². The molecule has 20 heavy (non-hydrogen) atoms. The summed E-state index contributed by atoms with van der Waals surface area (Å²) in [6.45, 7) is 5.25. The number of aromatic nitrogens is 1. The molecule has 0 spiro atoms. The molecule has 0 aliphatic carbocycles. The molecule has 0 saturated heterocycles. The lowest BCUT2D eigenvalue weighted by atomic mass is 10.1. The molecule has 0 unspecified atom stereocenters. The maximum Gasteiger partial charge on any atom is 0.124 e. The monoisotopic (exact) mass is 328 g/mol. The Labute approximate surface area is 134 Å². The molecule has 0 atom stereocenters. The van der Waals surface area contributed by atoms with E-state index in [1.165, 1.54) is 10.6 Å². The molecule has 0 amide bonds. The van der Waals surface area contributed by atoms with Crippen LogP contribution in [-0.2, 0) is 13.0 Å². The largest absolute Gasteiger partial charge is 0.315 e. The highest BCUT2D eigenvalue weighted by atomic mass is 35.5. The zero-order valence-corrected chi connectivity index (χ0v) is 14.2. The summed E-state index contributed by atoms with van der Waals surface area (Å²) in [5.41, 5.74) is 2.16. The molecule has 0 bridgehead atoms. The van der Waals surface area contributed by atoms with E-state index in [9.17, 15) is 0 Å². The lowest BCUT2D eigenvalue weighted by molar-refractivity contribution is 0.631. The highest BCUT2D eigenvalue weighted by Gasteiger charge is 2.14. The van der Waals surface area contributed by atoms with Crippen molar-refractivity contribution >= 4 is 34.5 Å². The standard InChI is InChI=1S/C15H18Cl2N2S/c1-9(2)4-13-14(8-18-3)20-15(19-13)10-5-11(16)7-12(17)6-10/h5-7,9,18H,4,8H2,1-3H3. The molecule has 5 heteroatoms. The molecule has 0 aliphatic heterocycles. The quantitative estimate of drug-likeness (QED) is 0.832. The summed E-state index contributed by atoms with van der Waals surface area (Å²) in [6, 6.07) is 5.56. The van der Waals surface area contributed by atoms with Crippen molar-refractivity contribution in [3.63, 3.8) is 0 Å². The predicted octanol–water partition coefficient (Wildman–Crippen LogP) is 5.03. The Bertz CT molecular complexity index is 573. The zero-order valence-electron chi connectivity index (χ0n) is 11.8. The van der Waals surface area contributed by atoms with E-state index in [-0.39, 0.29) is 0 Å². The molecule has 1 heterocycles. The Morgan fingerprint density at radius 3 is 2.40 bits per heavy atom. The Balaban J connectivity index is 2.41. The van der Waals surface area contributed by atoms with Gasteiger partial charge in [0.05, 0.1) is 5.69 Å². The average molecular weight is 329 g/mol. The van der Waals surface area contributed by atoms with Gasteiger partial charge in [0, 0.05) is 27.0 Å². The van der Waals surface area contributed by atoms with Crippen LogP contribution in [0.4, 0.5) is 0 Å². The Morgan fingerprint density at radius 2 is 1.85 bits per heavy atom. The molecule has 2 aromatic rings. The lowest BCUT2D eigenvalue weighted by Crippen LogP contribution is -2.07. The fraction of sp³-hybridized carbons (Fsp3) is 0.400. The summed E-state index contributed by atoms with van der Waals surface area (Å²) in [7, 11) is 1.95. The van der Waals surface area contributed by atoms with Gasteiger partial charge in [-0.25, -0.2) is 4.98 Å². The van der Waals surface area contributed by atoms with Crippen LogP contribution in [0, 0.1) is 5.92 Å². The number of benzene rings is 1. The van der Waals surface area contributed by atoms with E-state index in [0.29, 0.717) is 16.0 Å². The maximum atomic E-state index is 6.07. The number of hydrogen-bond acceptors (Lipinski definition) is 3. The van der Waals surface area contributed by atoms with Crippen LogP contribution < -0.4 is 5.32 Å². The van der Waals surface area contributed by atoms with Crippen molar-refractivity contribution in [3.05, 3.63) is 38.8 Å². The van der Waals surface area contributed by atoms with Crippen molar-refractivity contribution in [3.8, 4) is 10.6 Å². The van der Waals surface area contributed by atoms with Crippen LogP contribution in [0.25, 0.3) is 10.6 Å². The van der Waals surface area contributed by atoms with Crippen molar-refractivity contribution in [2.24, 2.45) is 5.92 Å². The Hall–Kier alpha value is -0.610. The number of rotatable bonds is 5. The minimum Gasteiger partial charge on any atom is -0.315 e. The van der Waals surface area contributed by atoms with E-state index in [1.54, 1.807) is 17.4 Å². The van der Waals surface area contributed by atoms with Crippen LogP contribution in [0.3, 0.4) is 0 Å². The van der Waals surface area contributed by atoms with Gasteiger partial charge in [-0.3, -0.25) is 0 Å². The van der Waals surface area contributed by atoms with Crippen LogP contribution in [0.15, 0.2) is 18.2 Å². The summed E-state index contributed by atoms with van der Waals surface area (Å²) in [6.07, 6.45) is 0.988. The van der Waals surface area contributed by atoms with E-state index in [4.69, 9.17) is 28.2 Å². The van der Waals surface area contributed by atoms with Crippen molar-refractivity contribution in [1.82, 2.24) is 10.3 Å². The first kappa shape index (κ1) is 15.8. The number of hydrogen-bond donors (Lipinski definition) is 1. The summed E-state index contributed by atoms with van der Waals surface area (Å²) < 4.78 is 0. The number of halogens is 2. The normalized spacial score (nSPS) is 11.3. The lowest BCUT2D eigenvalue weighted by Gasteiger charge is -2.03. The van der Waals surface area contributed by atoms with E-state index in [0.717, 1.165) is 23.5 Å². The van der Waals surface area contributed by atoms with Crippen molar-refractivity contribution in [1.29, 1.82) is 0 Å². The van der Waals surface area contributed by atoms with Crippen LogP contribution in [-0.4, -0.2) is 12.0 Å². The second kappa shape index (κ2) is 6.90. The van der Waals surface area contributed by atoms with Gasteiger partial charge in [0.25, 0.3) is 0 Å². The minimum atomic E-state index is 0.587. The molecule has 2 rings (SSSR count). The van der Waals surface area contributed by atoms with Gasteiger partial charge in [0.2, 0.25) is 0 Å². The third-order valence-electron chi connectivity index (χ3n) is 2.83. The first-order chi connectivity index (χ1) is 9.49. The fourth-order valence-electron chi connectivity index (χ4n) is 2.03. The van der Waals surface area contributed by atoms with Crippen LogP contribution in [0.2, 0.25) is 10.0 Å². The fourth-order valence-corrected chi connectivity index (χ4v) is 3.64. The second-order valence-electron chi connectivity index (χ2n) is 5.18. The summed E-state index contributed by atoms with van der Waals surface area (Å²) in [5.74, 6) is 0.587. The average Bonchev–Trinajstić information content (AvgIpc) is 2.71. The van der Waals surface area contributed by atoms with Crippen molar-refractivity contribution < 1.29 is 0 Å². The van der Waals surface area contributed by atoms with Gasteiger partial charge in [0.1, 0.15) is 5.01 Å². The van der Waals surface area contributed by atoms with Crippen LogP contribution in [0.5, 0.6) is 0 Å². The highest BCUT2D eigenvalue weighted by Crippen LogP contribution is 2.32.